The first-order valence-electron chi connectivity index (χ1n) is 10.9. The van der Waals surface area contributed by atoms with Gasteiger partial charge < -0.3 is 4.74 Å². The summed E-state index contributed by atoms with van der Waals surface area (Å²) in [5, 5.41) is 0. The summed E-state index contributed by atoms with van der Waals surface area (Å²) < 4.78 is 5.76. The van der Waals surface area contributed by atoms with Gasteiger partial charge in [0, 0.05) is 18.3 Å². The van der Waals surface area contributed by atoms with E-state index in [2.05, 4.69) is 13.8 Å². The number of rotatable bonds is 2. The first-order chi connectivity index (χ1) is 12.3. The Kier molecular flexibility index (Phi) is 4.51. The lowest BCUT2D eigenvalue weighted by atomic mass is 9.44. The fraction of sp³-hybridized carbons (Fsp3) is 0.913. The number of hydrogen-bond donors (Lipinski definition) is 0. The lowest BCUT2D eigenvalue weighted by molar-refractivity contribution is -0.162. The molecule has 4 aliphatic carbocycles. The van der Waals surface area contributed by atoms with Gasteiger partial charge in [0.05, 0.1) is 0 Å². The Morgan fingerprint density at radius 2 is 1.54 bits per heavy atom. The van der Waals surface area contributed by atoms with Crippen LogP contribution in [0.1, 0.15) is 85.5 Å². The van der Waals surface area contributed by atoms with E-state index in [0.717, 1.165) is 37.0 Å². The summed E-state index contributed by atoms with van der Waals surface area (Å²) in [6, 6.07) is 0. The Balaban J connectivity index is 1.55. The van der Waals surface area contributed by atoms with Crippen molar-refractivity contribution in [3.63, 3.8) is 0 Å². The molecule has 4 saturated carbocycles. The highest BCUT2D eigenvalue weighted by atomic mass is 16.5. The van der Waals surface area contributed by atoms with E-state index in [4.69, 9.17) is 4.74 Å². The topological polar surface area (TPSA) is 43.4 Å². The van der Waals surface area contributed by atoms with Crippen LogP contribution in [0, 0.1) is 40.4 Å². The Hall–Kier alpha value is -0.860. The average molecular weight is 361 g/mol. The molecule has 3 heteroatoms. The molecule has 0 aliphatic heterocycles. The molecule has 0 spiro atoms. The molecule has 0 saturated heterocycles. The zero-order valence-electron chi connectivity index (χ0n) is 17.1. The largest absolute Gasteiger partial charge is 0.462 e. The highest BCUT2D eigenvalue weighted by Crippen LogP contribution is 2.66. The molecule has 0 radical (unpaired) electrons. The Morgan fingerprint density at radius 3 is 2.23 bits per heavy atom. The summed E-state index contributed by atoms with van der Waals surface area (Å²) in [7, 11) is 0. The van der Waals surface area contributed by atoms with Crippen LogP contribution in [0.4, 0.5) is 0 Å². The van der Waals surface area contributed by atoms with Gasteiger partial charge in [0.2, 0.25) is 0 Å². The van der Waals surface area contributed by atoms with Gasteiger partial charge in [-0.05, 0) is 93.8 Å². The molecule has 8 atom stereocenters. The van der Waals surface area contributed by atoms with Crippen LogP contribution in [-0.2, 0) is 14.3 Å². The minimum atomic E-state index is -0.114. The van der Waals surface area contributed by atoms with Crippen molar-refractivity contribution < 1.29 is 14.3 Å². The van der Waals surface area contributed by atoms with E-state index >= 15 is 0 Å². The minimum Gasteiger partial charge on any atom is -0.462 e. The zero-order chi connectivity index (χ0) is 18.7. The summed E-state index contributed by atoms with van der Waals surface area (Å²) in [5.74, 6) is 3.67. The molecule has 4 aliphatic rings. The van der Waals surface area contributed by atoms with E-state index in [1.165, 1.54) is 38.5 Å². The van der Waals surface area contributed by atoms with Crippen LogP contribution in [0.2, 0.25) is 0 Å². The number of fused-ring (bicyclic) bond motifs is 5. The predicted octanol–water partition coefficient (Wildman–Crippen LogP) is 5.17. The van der Waals surface area contributed by atoms with Crippen molar-refractivity contribution in [2.24, 2.45) is 40.4 Å². The summed E-state index contributed by atoms with van der Waals surface area (Å²) in [4.78, 5) is 23.5. The highest BCUT2D eigenvalue weighted by molar-refractivity contribution is 5.78. The lowest BCUT2D eigenvalue weighted by Gasteiger charge is -2.60. The molecule has 0 aromatic rings. The number of Topliss-reactive ketones (excluding diaryl/α,β-unsaturated/α-hetero) is 1. The molecule has 26 heavy (non-hydrogen) atoms. The first kappa shape index (κ1) is 18.5. The van der Waals surface area contributed by atoms with Crippen molar-refractivity contribution in [2.75, 3.05) is 0 Å². The maximum absolute atomic E-state index is 11.9. The van der Waals surface area contributed by atoms with Crippen LogP contribution >= 0.6 is 0 Å². The van der Waals surface area contributed by atoms with E-state index < -0.39 is 0 Å². The maximum atomic E-state index is 11.9. The summed E-state index contributed by atoms with van der Waals surface area (Å²) in [6.07, 6.45) is 11.0. The molecule has 0 N–H and O–H groups in total. The van der Waals surface area contributed by atoms with Crippen molar-refractivity contribution in [1.82, 2.24) is 0 Å². The van der Waals surface area contributed by atoms with E-state index in [1.54, 1.807) is 13.8 Å². The summed E-state index contributed by atoms with van der Waals surface area (Å²) in [6.45, 7) is 8.29. The number of ether oxygens (including phenoxy) is 1. The normalized spacial score (nSPS) is 50.3. The van der Waals surface area contributed by atoms with Crippen molar-refractivity contribution in [2.45, 2.75) is 91.6 Å². The third-order valence-corrected chi connectivity index (χ3v) is 9.46. The summed E-state index contributed by atoms with van der Waals surface area (Å²) in [5.41, 5.74) is 0.613. The van der Waals surface area contributed by atoms with Crippen molar-refractivity contribution in [1.29, 1.82) is 0 Å². The first-order valence-corrected chi connectivity index (χ1v) is 10.9. The molecule has 0 aromatic heterocycles. The molecule has 4 rings (SSSR count). The Morgan fingerprint density at radius 1 is 0.846 bits per heavy atom. The van der Waals surface area contributed by atoms with Gasteiger partial charge >= 0.3 is 5.97 Å². The Labute approximate surface area is 158 Å². The van der Waals surface area contributed by atoms with Gasteiger partial charge in [-0.3, -0.25) is 9.59 Å². The highest BCUT2D eigenvalue weighted by Gasteiger charge is 2.61. The number of esters is 1. The molecule has 3 nitrogen and oxygen atoms in total. The fourth-order valence-corrected chi connectivity index (χ4v) is 7.97. The van der Waals surface area contributed by atoms with E-state index in [9.17, 15) is 9.59 Å². The fourth-order valence-electron chi connectivity index (χ4n) is 7.97. The number of ketones is 1. The standard InChI is InChI=1S/C23H36O3/c1-14(24)16-9-11-22(3)17(13-16)5-6-18-19-7-8-21(26-15(2)25)23(19,4)12-10-20(18)22/h16-21H,5-13H2,1-4H3/t16-,17-,18+,19+,20+,21-,22-,23+/m0/s1. The van der Waals surface area contributed by atoms with Gasteiger partial charge in [-0.15, -0.1) is 0 Å². The van der Waals surface area contributed by atoms with Crippen LogP contribution in [0.3, 0.4) is 0 Å². The van der Waals surface area contributed by atoms with Crippen LogP contribution in [0.15, 0.2) is 0 Å². The van der Waals surface area contributed by atoms with Gasteiger partial charge in [0.15, 0.2) is 0 Å². The molecule has 146 valence electrons. The number of carbonyl (C=O) groups excluding carboxylic acids is 2. The van der Waals surface area contributed by atoms with Gasteiger partial charge in [-0.1, -0.05) is 13.8 Å². The van der Waals surface area contributed by atoms with E-state index in [1.807, 2.05) is 0 Å². The molecule has 0 aromatic carbocycles. The average Bonchev–Trinajstić information content (AvgIpc) is 2.90. The molecule has 4 fully saturated rings. The van der Waals surface area contributed by atoms with Gasteiger partial charge in [-0.2, -0.15) is 0 Å². The molecular formula is C23H36O3. The predicted molar refractivity (Wildman–Crippen MR) is 101 cm³/mol. The maximum Gasteiger partial charge on any atom is 0.302 e. The van der Waals surface area contributed by atoms with Crippen molar-refractivity contribution >= 4 is 11.8 Å². The number of carbonyl (C=O) groups is 2. The van der Waals surface area contributed by atoms with Crippen LogP contribution in [0.5, 0.6) is 0 Å². The summed E-state index contributed by atoms with van der Waals surface area (Å²) >= 11 is 0. The Bertz CT molecular complexity index is 598. The second-order valence-electron chi connectivity index (χ2n) is 10.5. The number of hydrogen-bond acceptors (Lipinski definition) is 3. The van der Waals surface area contributed by atoms with Crippen molar-refractivity contribution in [3.8, 4) is 0 Å². The minimum absolute atomic E-state index is 0.114. The smallest absolute Gasteiger partial charge is 0.302 e. The SMILES string of the molecule is CC(=O)O[C@H]1CC[C@@H]2[C@H]3CC[C@H]4C[C@@H](C(C)=O)CC[C@]4(C)[C@@H]3CC[C@@]12C. The van der Waals surface area contributed by atoms with Gasteiger partial charge in [0.1, 0.15) is 11.9 Å². The van der Waals surface area contributed by atoms with Crippen LogP contribution < -0.4 is 0 Å². The third kappa shape index (κ3) is 2.67. The van der Waals surface area contributed by atoms with Gasteiger partial charge in [-0.25, -0.2) is 0 Å². The second-order valence-corrected chi connectivity index (χ2v) is 10.5. The molecular weight excluding hydrogens is 324 g/mol. The molecule has 0 bridgehead atoms. The van der Waals surface area contributed by atoms with E-state index in [-0.39, 0.29) is 17.5 Å². The lowest BCUT2D eigenvalue weighted by Crippen LogP contribution is -2.54. The molecule has 0 heterocycles. The quantitative estimate of drug-likeness (QED) is 0.638. The third-order valence-electron chi connectivity index (χ3n) is 9.46. The zero-order valence-corrected chi connectivity index (χ0v) is 17.1. The van der Waals surface area contributed by atoms with Crippen LogP contribution in [0.25, 0.3) is 0 Å². The second kappa shape index (κ2) is 6.34. The van der Waals surface area contributed by atoms with Crippen LogP contribution in [-0.4, -0.2) is 17.9 Å². The molecule has 0 unspecified atom stereocenters. The van der Waals surface area contributed by atoms with Crippen molar-refractivity contribution in [3.05, 3.63) is 0 Å². The van der Waals surface area contributed by atoms with Gasteiger partial charge in [0.25, 0.3) is 0 Å². The monoisotopic (exact) mass is 360 g/mol. The van der Waals surface area contributed by atoms with E-state index in [0.29, 0.717) is 23.0 Å². The molecule has 0 amide bonds.